The van der Waals surface area contributed by atoms with E-state index in [1.54, 1.807) is 6.08 Å². The zero-order valence-electron chi connectivity index (χ0n) is 7.53. The van der Waals surface area contributed by atoms with Gasteiger partial charge in [0.15, 0.2) is 0 Å². The van der Waals surface area contributed by atoms with E-state index in [-0.39, 0.29) is 6.04 Å². The lowest BCUT2D eigenvalue weighted by Gasteiger charge is -1.97. The third kappa shape index (κ3) is 1.68. The molecule has 66 valence electrons. The number of isocyanates is 1. The van der Waals surface area contributed by atoms with Gasteiger partial charge in [-0.1, -0.05) is 29.8 Å². The number of rotatable bonds is 2. The van der Waals surface area contributed by atoms with Gasteiger partial charge in [0, 0.05) is 5.92 Å². The first kappa shape index (κ1) is 8.21. The second-order valence-corrected chi connectivity index (χ2v) is 3.54. The van der Waals surface area contributed by atoms with Crippen LogP contribution in [0.15, 0.2) is 29.3 Å². The minimum atomic E-state index is 0.195. The van der Waals surface area contributed by atoms with E-state index in [0.717, 1.165) is 6.42 Å². The highest BCUT2D eigenvalue weighted by molar-refractivity contribution is 5.38. The molecule has 2 nitrogen and oxygen atoms in total. The highest BCUT2D eigenvalue weighted by Crippen LogP contribution is 2.43. The van der Waals surface area contributed by atoms with E-state index in [0.29, 0.717) is 5.92 Å². The fraction of sp³-hybridized carbons (Fsp3) is 0.364. The summed E-state index contributed by atoms with van der Waals surface area (Å²) in [6.07, 6.45) is 2.61. The van der Waals surface area contributed by atoms with Crippen molar-refractivity contribution in [1.82, 2.24) is 0 Å². The molecule has 2 atom stereocenters. The smallest absolute Gasteiger partial charge is 0.211 e. The number of nitrogens with zero attached hydrogens (tertiary/aromatic N) is 1. The molecule has 1 fully saturated rings. The van der Waals surface area contributed by atoms with Crippen LogP contribution < -0.4 is 0 Å². The summed E-state index contributed by atoms with van der Waals surface area (Å²) < 4.78 is 0. The Morgan fingerprint density at radius 3 is 2.69 bits per heavy atom. The molecule has 2 unspecified atom stereocenters. The predicted octanol–water partition coefficient (Wildman–Crippen LogP) is 2.19. The first-order chi connectivity index (χ1) is 6.31. The quantitative estimate of drug-likeness (QED) is 0.498. The monoisotopic (exact) mass is 173 g/mol. The van der Waals surface area contributed by atoms with Crippen LogP contribution in [-0.4, -0.2) is 12.1 Å². The van der Waals surface area contributed by atoms with Gasteiger partial charge in [0.05, 0.1) is 6.04 Å². The van der Waals surface area contributed by atoms with Gasteiger partial charge in [-0.15, -0.1) is 0 Å². The molecule has 0 spiro atoms. The van der Waals surface area contributed by atoms with E-state index < -0.39 is 0 Å². The molecule has 1 saturated carbocycles. The molecule has 0 amide bonds. The Kier molecular flexibility index (Phi) is 1.99. The summed E-state index contributed by atoms with van der Waals surface area (Å²) in [4.78, 5) is 13.7. The summed E-state index contributed by atoms with van der Waals surface area (Å²) >= 11 is 0. The summed E-state index contributed by atoms with van der Waals surface area (Å²) in [5.41, 5.74) is 2.55. The van der Waals surface area contributed by atoms with E-state index >= 15 is 0 Å². The lowest BCUT2D eigenvalue weighted by Crippen LogP contribution is -1.84. The minimum Gasteiger partial charge on any atom is -0.211 e. The molecular formula is C11H11NO. The molecule has 1 aliphatic carbocycles. The van der Waals surface area contributed by atoms with Crippen LogP contribution in [0.2, 0.25) is 0 Å². The van der Waals surface area contributed by atoms with Crippen LogP contribution in [0.3, 0.4) is 0 Å². The van der Waals surface area contributed by atoms with Gasteiger partial charge >= 0.3 is 0 Å². The molecule has 13 heavy (non-hydrogen) atoms. The summed E-state index contributed by atoms with van der Waals surface area (Å²) in [6.45, 7) is 2.07. The van der Waals surface area contributed by atoms with Gasteiger partial charge in [-0.3, -0.25) is 0 Å². The Labute approximate surface area is 77.3 Å². The van der Waals surface area contributed by atoms with E-state index in [9.17, 15) is 4.79 Å². The summed E-state index contributed by atoms with van der Waals surface area (Å²) in [5, 5.41) is 0. The van der Waals surface area contributed by atoms with Gasteiger partial charge in [-0.2, -0.15) is 0 Å². The third-order valence-corrected chi connectivity index (χ3v) is 2.48. The average Bonchev–Trinajstić information content (AvgIpc) is 2.86. The van der Waals surface area contributed by atoms with Crippen LogP contribution >= 0.6 is 0 Å². The van der Waals surface area contributed by atoms with Crippen molar-refractivity contribution < 1.29 is 4.79 Å². The highest BCUT2D eigenvalue weighted by atomic mass is 16.1. The Bertz CT molecular complexity index is 349. The van der Waals surface area contributed by atoms with Gasteiger partial charge in [0.2, 0.25) is 6.08 Å². The summed E-state index contributed by atoms with van der Waals surface area (Å²) in [6, 6.07) is 8.60. The maximum Gasteiger partial charge on any atom is 0.235 e. The van der Waals surface area contributed by atoms with Crippen molar-refractivity contribution >= 4 is 6.08 Å². The molecule has 0 heterocycles. The first-order valence-corrected chi connectivity index (χ1v) is 4.45. The summed E-state index contributed by atoms with van der Waals surface area (Å²) in [7, 11) is 0. The summed E-state index contributed by atoms with van der Waals surface area (Å²) in [5.74, 6) is 0.460. The molecule has 0 N–H and O–H groups in total. The lowest BCUT2D eigenvalue weighted by molar-refractivity contribution is 0.562. The SMILES string of the molecule is Cc1ccc(C2CC2N=C=O)cc1. The molecule has 0 radical (unpaired) electrons. The molecule has 2 heteroatoms. The Morgan fingerprint density at radius 1 is 1.38 bits per heavy atom. The van der Waals surface area contributed by atoms with Gasteiger partial charge in [-0.05, 0) is 18.9 Å². The fourth-order valence-corrected chi connectivity index (χ4v) is 1.56. The highest BCUT2D eigenvalue weighted by Gasteiger charge is 2.38. The molecule has 0 aromatic heterocycles. The first-order valence-electron chi connectivity index (χ1n) is 4.45. The molecule has 1 aliphatic rings. The van der Waals surface area contributed by atoms with E-state index in [1.165, 1.54) is 11.1 Å². The van der Waals surface area contributed by atoms with Crippen molar-refractivity contribution in [3.8, 4) is 0 Å². The molecule has 0 aliphatic heterocycles. The Morgan fingerprint density at radius 2 is 2.08 bits per heavy atom. The molecule has 2 rings (SSSR count). The van der Waals surface area contributed by atoms with E-state index in [2.05, 4.69) is 36.2 Å². The number of benzene rings is 1. The lowest BCUT2D eigenvalue weighted by atomic mass is 10.1. The number of aliphatic imine (C=N–C) groups is 1. The van der Waals surface area contributed by atoms with Crippen LogP contribution in [-0.2, 0) is 4.79 Å². The third-order valence-electron chi connectivity index (χ3n) is 2.48. The van der Waals surface area contributed by atoms with Crippen LogP contribution in [0.1, 0.15) is 23.5 Å². The van der Waals surface area contributed by atoms with Crippen molar-refractivity contribution in [3.05, 3.63) is 35.4 Å². The average molecular weight is 173 g/mol. The zero-order valence-corrected chi connectivity index (χ0v) is 7.53. The van der Waals surface area contributed by atoms with Crippen LogP contribution in [0.25, 0.3) is 0 Å². The van der Waals surface area contributed by atoms with Crippen molar-refractivity contribution in [1.29, 1.82) is 0 Å². The molecule has 0 bridgehead atoms. The van der Waals surface area contributed by atoms with Crippen LogP contribution in [0.5, 0.6) is 0 Å². The molecule has 0 saturated heterocycles. The molecular weight excluding hydrogens is 162 g/mol. The van der Waals surface area contributed by atoms with E-state index in [1.807, 2.05) is 0 Å². The van der Waals surface area contributed by atoms with E-state index in [4.69, 9.17) is 0 Å². The van der Waals surface area contributed by atoms with Gasteiger partial charge in [0.1, 0.15) is 0 Å². The minimum absolute atomic E-state index is 0.195. The Hall–Kier alpha value is -1.40. The maximum absolute atomic E-state index is 9.99. The number of hydrogen-bond acceptors (Lipinski definition) is 2. The zero-order chi connectivity index (χ0) is 9.26. The van der Waals surface area contributed by atoms with Crippen molar-refractivity contribution in [2.24, 2.45) is 4.99 Å². The fourth-order valence-electron chi connectivity index (χ4n) is 1.56. The van der Waals surface area contributed by atoms with Gasteiger partial charge in [-0.25, -0.2) is 9.79 Å². The predicted molar refractivity (Wildman–Crippen MR) is 50.4 cm³/mol. The molecule has 1 aromatic rings. The number of carbonyl (C=O) groups excluding carboxylic acids is 1. The van der Waals surface area contributed by atoms with Crippen molar-refractivity contribution in [2.75, 3.05) is 0 Å². The standard InChI is InChI=1S/C11H11NO/c1-8-2-4-9(5-3-8)10-6-11(10)12-7-13/h2-5,10-11H,6H2,1H3. The second-order valence-electron chi connectivity index (χ2n) is 3.54. The van der Waals surface area contributed by atoms with Crippen molar-refractivity contribution in [2.45, 2.75) is 25.3 Å². The number of hydrogen-bond donors (Lipinski definition) is 0. The largest absolute Gasteiger partial charge is 0.235 e. The Balaban J connectivity index is 2.12. The number of aryl methyl sites for hydroxylation is 1. The van der Waals surface area contributed by atoms with Crippen LogP contribution in [0, 0.1) is 6.92 Å². The normalized spacial score (nSPS) is 25.0. The molecule has 1 aromatic carbocycles. The topological polar surface area (TPSA) is 29.4 Å². The van der Waals surface area contributed by atoms with Gasteiger partial charge < -0.3 is 0 Å². The van der Waals surface area contributed by atoms with Gasteiger partial charge in [0.25, 0.3) is 0 Å². The van der Waals surface area contributed by atoms with Crippen LogP contribution in [0.4, 0.5) is 0 Å². The van der Waals surface area contributed by atoms with Crippen molar-refractivity contribution in [3.63, 3.8) is 0 Å². The maximum atomic E-state index is 9.99. The second kappa shape index (κ2) is 3.15.